The fraction of sp³-hybridized carbons (Fsp3) is 0.410. The first-order valence-electron chi connectivity index (χ1n) is 27.2. The number of esters is 4. The first-order chi connectivity index (χ1) is 40.7. The Kier molecular flexibility index (Phi) is 34.1. The number of anilines is 5. The van der Waals surface area contributed by atoms with Crippen molar-refractivity contribution >= 4 is 108 Å². The minimum Gasteiger partial charge on any atom is -0.547 e. The van der Waals surface area contributed by atoms with Gasteiger partial charge in [-0.1, -0.05) is 51.4 Å². The summed E-state index contributed by atoms with van der Waals surface area (Å²) in [6, 6.07) is 27.0. The van der Waals surface area contributed by atoms with Crippen LogP contribution < -0.4 is 72.6 Å². The van der Waals surface area contributed by atoms with Crippen LogP contribution in [0.2, 0.25) is 0 Å². The Balaban J connectivity index is 0.000000362. The maximum atomic E-state index is 11.8. The molecule has 0 radical (unpaired) electrons. The van der Waals surface area contributed by atoms with Crippen LogP contribution in [0, 0.1) is 0 Å². The second kappa shape index (κ2) is 39.0. The van der Waals surface area contributed by atoms with Crippen molar-refractivity contribution in [2.75, 3.05) is 145 Å². The molecule has 0 fully saturated rings. The van der Waals surface area contributed by atoms with E-state index < -0.39 is 47.8 Å². The first kappa shape index (κ1) is 77.0. The number of carboxylic acids is 1. The summed E-state index contributed by atoms with van der Waals surface area (Å²) < 4.78 is 47.6. The number of Topliss-reactive ketones (excluding diaryl/α,β-unsaturated/α-hetero) is 1. The van der Waals surface area contributed by atoms with Gasteiger partial charge in [0, 0.05) is 49.2 Å². The Bertz CT molecular complexity index is 3080. The molecule has 0 saturated heterocycles. The molecular weight excluding hydrogens is 1290 g/mol. The summed E-state index contributed by atoms with van der Waals surface area (Å²) >= 11 is 6.83. The number of carbonyl (C=O) groups excluding carboxylic acids is 6. The van der Waals surface area contributed by atoms with Crippen LogP contribution in [0.15, 0.2) is 99.9 Å². The van der Waals surface area contributed by atoms with E-state index in [1.54, 1.807) is 76.2 Å². The molecule has 2 atom stereocenters. The third-order valence-electron chi connectivity index (χ3n) is 12.6. The average molecular weight is 1370 g/mol. The van der Waals surface area contributed by atoms with Crippen LogP contribution in [0.3, 0.4) is 0 Å². The number of carbonyl (C=O) groups is 6. The van der Waals surface area contributed by atoms with E-state index in [1.807, 2.05) is 66.2 Å². The number of likely N-dealkylation sites (N-methyl/N-ethyl adjacent to an activating group) is 4. The molecule has 3 N–H and O–H groups in total. The van der Waals surface area contributed by atoms with Crippen molar-refractivity contribution in [1.82, 2.24) is 0 Å². The Labute approximate surface area is 548 Å². The zero-order valence-corrected chi connectivity index (χ0v) is 54.1. The van der Waals surface area contributed by atoms with Gasteiger partial charge in [0.1, 0.15) is 67.9 Å². The van der Waals surface area contributed by atoms with E-state index in [-0.39, 0.29) is 65.1 Å². The molecule has 5 aliphatic rings. The van der Waals surface area contributed by atoms with Crippen molar-refractivity contribution in [3.05, 3.63) is 117 Å². The molecule has 5 aromatic rings. The number of aliphatic hydroxyl groups excluding tert-OH is 2. The smallest absolute Gasteiger partial charge is 0.547 e. The van der Waals surface area contributed by atoms with E-state index in [1.165, 1.54) is 6.07 Å². The quantitative estimate of drug-likeness (QED) is 0.0575. The van der Waals surface area contributed by atoms with E-state index in [0.717, 1.165) is 106 Å². The van der Waals surface area contributed by atoms with Gasteiger partial charge >= 0.3 is 42.7 Å². The average Bonchev–Trinajstić information content (AvgIpc) is 1.88. The van der Waals surface area contributed by atoms with Gasteiger partial charge in [-0.15, -0.1) is 12.4 Å². The molecular formula is C61H77Br2ClLiN5O18. The van der Waals surface area contributed by atoms with Gasteiger partial charge in [0.25, 0.3) is 5.78 Å². The number of rotatable bonds is 10. The zero-order chi connectivity index (χ0) is 62.2. The summed E-state index contributed by atoms with van der Waals surface area (Å²) in [6.45, 7) is 15.0. The summed E-state index contributed by atoms with van der Waals surface area (Å²) in [5, 5.41) is 33.0. The van der Waals surface area contributed by atoms with Crippen LogP contribution in [0.4, 0.5) is 28.4 Å². The van der Waals surface area contributed by atoms with Gasteiger partial charge < -0.3 is 87.7 Å². The molecule has 476 valence electrons. The minimum absolute atomic E-state index is 0. The number of hydrogen-bond donors (Lipinski definition) is 3. The van der Waals surface area contributed by atoms with Gasteiger partial charge in [0.2, 0.25) is 0 Å². The SMILES string of the molecule is Brc1ccc2c(c1)NCCO2.C.CCOC(=O)C(=O)OCC.CCOC(=O)C(=O)c1ccc2c(c1)N(C)CCO2.CCOC(=O)C(O)c1ccc2c(c1)N(C)CCO2.CN1CCOc2ccc(Br)cc21.CN1CCOc2ccc(C(O)C(=O)[O-])cc21.Cl.[Li+]. The van der Waals surface area contributed by atoms with Crippen LogP contribution >= 0.6 is 44.3 Å². The standard InChI is InChI=1S/C13H17NO4.C13H15NO4.C11H13NO4.C9H10BrNO.C8H8BrNO.C6H10O4.CH4.ClH.Li/c2*1-3-17-13(16)12(15)9-4-5-11-10(8-9)14(2)6-7-18-11;1-12-4-5-16-9-3-2-7(6-8(9)12)10(13)11(14)15;1-11-4-5-12-9-3-2-7(10)6-8(9)11;9-6-1-2-8-7(5-6)10-3-4-11-8;1-3-9-5(7)6(8)10-4-2;;;/h4-5,8,12,15H,3,6-7H2,1-2H3;4-5,8H,3,6-7H2,1-2H3;2-3,6,10,13H,4-5H2,1H3,(H,14,15);2-3,6H,4-5H2,1H3;1-2,5,10H,3-4H2;3-4H2,1-2H3;1H4;1H;/q;;;;;;;;+1/p-1. The van der Waals surface area contributed by atoms with Gasteiger partial charge in [-0.05, 0) is 118 Å². The molecule has 5 heterocycles. The number of nitrogens with one attached hydrogen (secondary N) is 1. The number of aliphatic carboxylic acids is 1. The number of ether oxygens (including phenoxy) is 9. The number of nitrogens with zero attached hydrogens (tertiary/aromatic N) is 4. The maximum Gasteiger partial charge on any atom is 1.00 e. The predicted octanol–water partition coefficient (Wildman–Crippen LogP) is 4.38. The van der Waals surface area contributed by atoms with Crippen LogP contribution in [-0.2, 0) is 42.9 Å². The number of benzene rings is 5. The maximum absolute atomic E-state index is 11.8. The second-order valence-electron chi connectivity index (χ2n) is 18.6. The minimum atomic E-state index is -1.60. The number of ketones is 1. The Morgan fingerprint density at radius 3 is 1.32 bits per heavy atom. The van der Waals surface area contributed by atoms with Crippen LogP contribution in [0.1, 0.15) is 68.8 Å². The Morgan fingerprint density at radius 1 is 0.511 bits per heavy atom. The van der Waals surface area contributed by atoms with E-state index in [4.69, 9.17) is 33.2 Å². The van der Waals surface area contributed by atoms with Crippen molar-refractivity contribution in [3.8, 4) is 28.7 Å². The first-order valence-corrected chi connectivity index (χ1v) is 28.8. The molecule has 0 saturated carbocycles. The monoisotopic (exact) mass is 1370 g/mol. The van der Waals surface area contributed by atoms with Crippen molar-refractivity contribution < 1.29 is 106 Å². The van der Waals surface area contributed by atoms with E-state index >= 15 is 0 Å². The zero-order valence-electron chi connectivity index (χ0n) is 50.1. The van der Waals surface area contributed by atoms with Crippen molar-refractivity contribution in [2.45, 2.75) is 47.3 Å². The topological polar surface area (TPSA) is 274 Å². The van der Waals surface area contributed by atoms with Gasteiger partial charge in [0.05, 0.1) is 87.0 Å². The number of fused-ring (bicyclic) bond motifs is 5. The normalized spacial score (nSPS) is 13.8. The predicted molar refractivity (Wildman–Crippen MR) is 336 cm³/mol. The summed E-state index contributed by atoms with van der Waals surface area (Å²) in [5.74, 6) is -1.32. The third kappa shape index (κ3) is 22.8. The van der Waals surface area contributed by atoms with Crippen molar-refractivity contribution in [1.29, 1.82) is 0 Å². The molecule has 5 aromatic carbocycles. The fourth-order valence-corrected chi connectivity index (χ4v) is 8.90. The molecule has 0 bridgehead atoms. The van der Waals surface area contributed by atoms with E-state index in [0.29, 0.717) is 42.3 Å². The molecule has 5 aliphatic heterocycles. The molecule has 0 spiro atoms. The van der Waals surface area contributed by atoms with Gasteiger partial charge in [-0.3, -0.25) is 4.79 Å². The largest absolute Gasteiger partial charge is 1.00 e. The molecule has 27 heteroatoms. The number of hydrogen-bond acceptors (Lipinski definition) is 23. The fourth-order valence-electron chi connectivity index (χ4n) is 8.19. The van der Waals surface area contributed by atoms with E-state index in [9.17, 15) is 44.1 Å². The molecule has 0 aromatic heterocycles. The van der Waals surface area contributed by atoms with Crippen LogP contribution in [0.25, 0.3) is 0 Å². The number of aliphatic hydroxyl groups is 2. The number of carboxylic acid groups (broad SMARTS) is 1. The third-order valence-corrected chi connectivity index (χ3v) is 13.6. The summed E-state index contributed by atoms with van der Waals surface area (Å²) in [6.07, 6.45) is -2.84. The van der Waals surface area contributed by atoms with Crippen LogP contribution in [0.5, 0.6) is 28.7 Å². The van der Waals surface area contributed by atoms with E-state index in [2.05, 4.69) is 64.7 Å². The van der Waals surface area contributed by atoms with Gasteiger partial charge in [-0.2, -0.15) is 0 Å². The Hall–Kier alpha value is -7.11. The molecule has 88 heavy (non-hydrogen) atoms. The molecule has 0 amide bonds. The second-order valence-corrected chi connectivity index (χ2v) is 20.4. The van der Waals surface area contributed by atoms with Gasteiger partial charge in [-0.25, -0.2) is 19.2 Å². The van der Waals surface area contributed by atoms with Crippen LogP contribution in [-0.4, -0.2) is 166 Å². The summed E-state index contributed by atoms with van der Waals surface area (Å²) in [5.41, 5.74) is 5.86. The molecule has 2 unspecified atom stereocenters. The van der Waals surface area contributed by atoms with Crippen molar-refractivity contribution in [2.24, 2.45) is 0 Å². The van der Waals surface area contributed by atoms with Gasteiger partial charge in [0.15, 0.2) is 6.10 Å². The molecule has 0 aliphatic carbocycles. The van der Waals surface area contributed by atoms with Crippen molar-refractivity contribution in [3.63, 3.8) is 0 Å². The molecule has 23 nitrogen and oxygen atoms in total. The number of halogens is 3. The summed E-state index contributed by atoms with van der Waals surface area (Å²) in [4.78, 5) is 74.2. The Morgan fingerprint density at radius 2 is 0.875 bits per heavy atom. The summed E-state index contributed by atoms with van der Waals surface area (Å²) in [7, 11) is 7.83. The molecule has 10 rings (SSSR count).